The third kappa shape index (κ3) is 5.62. The van der Waals surface area contributed by atoms with Gasteiger partial charge in [-0.1, -0.05) is 72.8 Å². The second kappa shape index (κ2) is 10.7. The van der Waals surface area contributed by atoms with Crippen LogP contribution in [-0.4, -0.2) is 33.2 Å². The van der Waals surface area contributed by atoms with Crippen molar-refractivity contribution in [1.82, 2.24) is 4.98 Å². The Bertz CT molecular complexity index is 1210. The number of nitrogens with zero attached hydrogens (tertiary/aromatic N) is 3. The fourth-order valence-corrected chi connectivity index (χ4v) is 3.81. The summed E-state index contributed by atoms with van der Waals surface area (Å²) in [4.78, 5) is 8.77. The van der Waals surface area contributed by atoms with Gasteiger partial charge in [0.1, 0.15) is 0 Å². The van der Waals surface area contributed by atoms with Gasteiger partial charge in [-0.05, 0) is 58.7 Å². The number of aromatic nitrogens is 1. The second-order valence-corrected chi connectivity index (χ2v) is 8.66. The monoisotopic (exact) mass is 445 g/mol. The number of benzene rings is 3. The van der Waals surface area contributed by atoms with Crippen molar-refractivity contribution in [2.75, 3.05) is 38.0 Å². The molecule has 0 saturated heterocycles. The van der Waals surface area contributed by atoms with Crippen molar-refractivity contribution in [3.63, 3.8) is 0 Å². The molecule has 0 radical (unpaired) electrons. The van der Waals surface area contributed by atoms with Crippen molar-refractivity contribution in [3.05, 3.63) is 126 Å². The van der Waals surface area contributed by atoms with Gasteiger partial charge in [0.05, 0.1) is 5.69 Å². The van der Waals surface area contributed by atoms with Gasteiger partial charge in [-0.25, -0.2) is 0 Å². The van der Waals surface area contributed by atoms with E-state index in [0.29, 0.717) is 0 Å². The van der Waals surface area contributed by atoms with Crippen LogP contribution in [0.15, 0.2) is 109 Å². The summed E-state index contributed by atoms with van der Waals surface area (Å²) in [7, 11) is 8.25. The first-order valence-corrected chi connectivity index (χ1v) is 11.5. The van der Waals surface area contributed by atoms with Crippen LogP contribution in [0.3, 0.4) is 0 Å². The normalized spacial score (nSPS) is 10.8. The zero-order chi connectivity index (χ0) is 23.9. The summed E-state index contributed by atoms with van der Waals surface area (Å²) in [6.45, 7) is 0. The lowest BCUT2D eigenvalue weighted by Gasteiger charge is -2.16. The third-order valence-corrected chi connectivity index (χ3v) is 5.79. The van der Waals surface area contributed by atoms with Crippen LogP contribution in [0, 0.1) is 0 Å². The quantitative estimate of drug-likeness (QED) is 0.285. The molecule has 0 unspecified atom stereocenters. The molecule has 0 N–H and O–H groups in total. The summed E-state index contributed by atoms with van der Waals surface area (Å²) in [5.74, 6) is 0. The molecule has 4 rings (SSSR count). The van der Waals surface area contributed by atoms with Crippen LogP contribution in [0.25, 0.3) is 22.9 Å². The molecule has 1 heterocycles. The van der Waals surface area contributed by atoms with Gasteiger partial charge in [0.2, 0.25) is 0 Å². The molecular formula is C31H31N3. The SMILES string of the molecule is CN(C)c1ccc(C(=C/C=C/c2ccnc(-c3ccccc3)c2)c2ccc(N(C)C)cc2)cc1. The molecule has 34 heavy (non-hydrogen) atoms. The zero-order valence-corrected chi connectivity index (χ0v) is 20.3. The molecule has 0 aliphatic carbocycles. The summed E-state index contributed by atoms with van der Waals surface area (Å²) < 4.78 is 0. The standard InChI is InChI=1S/C31H31N3/c1-33(2)28-17-13-25(14-18-28)30(26-15-19-29(20-16-26)34(3)4)12-8-9-24-21-22-32-31(23-24)27-10-6-5-7-11-27/h5-23H,1-4H3/b9-8+. The predicted molar refractivity (Wildman–Crippen MR) is 147 cm³/mol. The largest absolute Gasteiger partial charge is 0.378 e. The van der Waals surface area contributed by atoms with E-state index in [1.54, 1.807) is 0 Å². The summed E-state index contributed by atoms with van der Waals surface area (Å²) in [6.07, 6.45) is 8.32. The first-order chi connectivity index (χ1) is 16.5. The van der Waals surface area contributed by atoms with Gasteiger partial charge < -0.3 is 9.80 Å². The van der Waals surface area contributed by atoms with E-state index in [-0.39, 0.29) is 0 Å². The molecule has 1 aromatic heterocycles. The number of allylic oxidation sites excluding steroid dienone is 2. The molecule has 3 heteroatoms. The van der Waals surface area contributed by atoms with Gasteiger partial charge >= 0.3 is 0 Å². The van der Waals surface area contributed by atoms with Crippen molar-refractivity contribution in [2.45, 2.75) is 0 Å². The third-order valence-electron chi connectivity index (χ3n) is 5.79. The van der Waals surface area contributed by atoms with Crippen molar-refractivity contribution in [1.29, 1.82) is 0 Å². The Morgan fingerprint density at radius 2 is 1.24 bits per heavy atom. The smallest absolute Gasteiger partial charge is 0.0707 e. The Balaban J connectivity index is 1.67. The average Bonchev–Trinajstić information content (AvgIpc) is 2.87. The lowest BCUT2D eigenvalue weighted by molar-refractivity contribution is 1.13. The van der Waals surface area contributed by atoms with E-state index in [4.69, 9.17) is 0 Å². The highest BCUT2D eigenvalue weighted by atomic mass is 15.1. The van der Waals surface area contributed by atoms with Crippen LogP contribution in [0.2, 0.25) is 0 Å². The fourth-order valence-electron chi connectivity index (χ4n) is 3.81. The Hall–Kier alpha value is -4.11. The highest BCUT2D eigenvalue weighted by Crippen LogP contribution is 2.27. The van der Waals surface area contributed by atoms with Crippen LogP contribution in [0.1, 0.15) is 16.7 Å². The molecule has 0 spiro atoms. The minimum Gasteiger partial charge on any atom is -0.378 e. The van der Waals surface area contributed by atoms with Crippen LogP contribution in [-0.2, 0) is 0 Å². The molecule has 0 saturated carbocycles. The van der Waals surface area contributed by atoms with Gasteiger partial charge in [0.15, 0.2) is 0 Å². The van der Waals surface area contributed by atoms with Gasteiger partial charge in [-0.15, -0.1) is 0 Å². The first-order valence-electron chi connectivity index (χ1n) is 11.5. The molecule has 0 atom stereocenters. The van der Waals surface area contributed by atoms with Gasteiger partial charge in [-0.2, -0.15) is 0 Å². The number of pyridine rings is 1. The molecule has 0 fully saturated rings. The van der Waals surface area contributed by atoms with E-state index in [0.717, 1.165) is 16.8 Å². The molecule has 170 valence electrons. The van der Waals surface area contributed by atoms with Gasteiger partial charge in [-0.3, -0.25) is 4.98 Å². The lowest BCUT2D eigenvalue weighted by atomic mass is 9.96. The van der Waals surface area contributed by atoms with E-state index >= 15 is 0 Å². The lowest BCUT2D eigenvalue weighted by Crippen LogP contribution is -2.08. The van der Waals surface area contributed by atoms with E-state index in [2.05, 4.69) is 128 Å². The Morgan fingerprint density at radius 1 is 0.676 bits per heavy atom. The van der Waals surface area contributed by atoms with Crippen LogP contribution < -0.4 is 9.80 Å². The highest BCUT2D eigenvalue weighted by molar-refractivity contribution is 5.82. The molecule has 3 nitrogen and oxygen atoms in total. The Morgan fingerprint density at radius 3 is 1.76 bits per heavy atom. The molecule has 3 aromatic carbocycles. The molecule has 0 amide bonds. The van der Waals surface area contributed by atoms with Crippen molar-refractivity contribution in [2.24, 2.45) is 0 Å². The topological polar surface area (TPSA) is 19.4 Å². The Labute approximate surface area is 203 Å². The van der Waals surface area contributed by atoms with Crippen molar-refractivity contribution in [3.8, 4) is 11.3 Å². The second-order valence-electron chi connectivity index (χ2n) is 8.66. The summed E-state index contributed by atoms with van der Waals surface area (Å²) in [5, 5.41) is 0. The Kier molecular flexibility index (Phi) is 7.24. The maximum Gasteiger partial charge on any atom is 0.0707 e. The number of rotatable bonds is 7. The minimum atomic E-state index is 0.977. The predicted octanol–water partition coefficient (Wildman–Crippen LogP) is 7.03. The van der Waals surface area contributed by atoms with E-state index < -0.39 is 0 Å². The molecule has 0 aliphatic rings. The molecule has 4 aromatic rings. The van der Waals surface area contributed by atoms with E-state index in [1.807, 2.05) is 30.5 Å². The zero-order valence-electron chi connectivity index (χ0n) is 20.3. The molecular weight excluding hydrogens is 414 g/mol. The average molecular weight is 446 g/mol. The molecule has 0 aliphatic heterocycles. The summed E-state index contributed by atoms with van der Waals surface area (Å²) >= 11 is 0. The number of hydrogen-bond donors (Lipinski definition) is 0. The maximum atomic E-state index is 4.54. The summed E-state index contributed by atoms with van der Waals surface area (Å²) in [6, 6.07) is 31.8. The maximum absolute atomic E-state index is 4.54. The first kappa shape index (κ1) is 23.1. The van der Waals surface area contributed by atoms with E-state index in [1.165, 1.54) is 28.1 Å². The number of hydrogen-bond acceptors (Lipinski definition) is 3. The van der Waals surface area contributed by atoms with Gasteiger partial charge in [0, 0.05) is 51.3 Å². The minimum absolute atomic E-state index is 0.977. The van der Waals surface area contributed by atoms with Gasteiger partial charge in [0.25, 0.3) is 0 Å². The van der Waals surface area contributed by atoms with E-state index in [9.17, 15) is 0 Å². The molecule has 0 bridgehead atoms. The fraction of sp³-hybridized carbons (Fsp3) is 0.129. The summed E-state index contributed by atoms with van der Waals surface area (Å²) in [5.41, 5.74) is 9.15. The van der Waals surface area contributed by atoms with Crippen LogP contribution in [0.4, 0.5) is 11.4 Å². The van der Waals surface area contributed by atoms with Crippen molar-refractivity contribution >= 4 is 23.0 Å². The number of anilines is 2. The van der Waals surface area contributed by atoms with Crippen LogP contribution >= 0.6 is 0 Å². The van der Waals surface area contributed by atoms with Crippen LogP contribution in [0.5, 0.6) is 0 Å². The highest BCUT2D eigenvalue weighted by Gasteiger charge is 2.06. The van der Waals surface area contributed by atoms with Crippen molar-refractivity contribution < 1.29 is 0 Å².